The molecule has 0 saturated carbocycles. The first kappa shape index (κ1) is 16.5. The number of aryl methyl sites for hydroxylation is 1. The van der Waals surface area contributed by atoms with Crippen molar-refractivity contribution in [3.63, 3.8) is 0 Å². The van der Waals surface area contributed by atoms with Gasteiger partial charge < -0.3 is 10.2 Å². The Morgan fingerprint density at radius 3 is 2.36 bits per heavy atom. The molecule has 0 spiro atoms. The number of hydrogen-bond acceptors (Lipinski definition) is 3. The van der Waals surface area contributed by atoms with Crippen molar-refractivity contribution in [2.24, 2.45) is 5.92 Å². The SMILES string of the molecule is CC(=O)N1CCC(C(=O)NCCn2nc(C)c(C)c2C)CC1. The standard InChI is InChI=1S/C16H26N4O2/c1-11-12(2)18-20(13(11)3)10-7-17-16(22)15-5-8-19(9-6-15)14(4)21/h15H,5-10H2,1-4H3,(H,17,22). The summed E-state index contributed by atoms with van der Waals surface area (Å²) in [4.78, 5) is 25.3. The van der Waals surface area contributed by atoms with E-state index in [2.05, 4.69) is 24.3 Å². The molecule has 6 nitrogen and oxygen atoms in total. The van der Waals surface area contributed by atoms with Gasteiger partial charge in [0.2, 0.25) is 11.8 Å². The monoisotopic (exact) mass is 306 g/mol. The molecule has 0 aliphatic carbocycles. The number of amides is 2. The van der Waals surface area contributed by atoms with E-state index in [9.17, 15) is 9.59 Å². The molecule has 1 N–H and O–H groups in total. The highest BCUT2D eigenvalue weighted by molar-refractivity contribution is 5.79. The molecule has 1 aliphatic heterocycles. The number of nitrogens with one attached hydrogen (secondary N) is 1. The normalized spacial score (nSPS) is 15.9. The summed E-state index contributed by atoms with van der Waals surface area (Å²) in [6.45, 7) is 10.3. The molecule has 2 rings (SSSR count). The van der Waals surface area contributed by atoms with Crippen LogP contribution in [0.1, 0.15) is 36.7 Å². The first-order valence-electron chi connectivity index (χ1n) is 7.94. The summed E-state index contributed by atoms with van der Waals surface area (Å²) < 4.78 is 1.95. The predicted molar refractivity (Wildman–Crippen MR) is 84.4 cm³/mol. The molecule has 122 valence electrons. The lowest BCUT2D eigenvalue weighted by atomic mass is 9.96. The van der Waals surface area contributed by atoms with Gasteiger partial charge in [-0.25, -0.2) is 0 Å². The van der Waals surface area contributed by atoms with Crippen LogP contribution >= 0.6 is 0 Å². The van der Waals surface area contributed by atoms with Crippen molar-refractivity contribution in [3.8, 4) is 0 Å². The molecule has 2 heterocycles. The van der Waals surface area contributed by atoms with Crippen molar-refractivity contribution in [2.45, 2.75) is 47.1 Å². The van der Waals surface area contributed by atoms with Crippen molar-refractivity contribution in [3.05, 3.63) is 17.0 Å². The second-order valence-electron chi connectivity index (χ2n) is 6.09. The van der Waals surface area contributed by atoms with E-state index in [4.69, 9.17) is 0 Å². The maximum absolute atomic E-state index is 12.2. The van der Waals surface area contributed by atoms with Gasteiger partial charge in [0.1, 0.15) is 0 Å². The fourth-order valence-corrected chi connectivity index (χ4v) is 2.89. The maximum Gasteiger partial charge on any atom is 0.223 e. The van der Waals surface area contributed by atoms with E-state index in [1.54, 1.807) is 6.92 Å². The topological polar surface area (TPSA) is 67.2 Å². The van der Waals surface area contributed by atoms with Crippen molar-refractivity contribution < 1.29 is 9.59 Å². The minimum Gasteiger partial charge on any atom is -0.354 e. The maximum atomic E-state index is 12.2. The Hall–Kier alpha value is -1.85. The van der Waals surface area contributed by atoms with E-state index < -0.39 is 0 Å². The molecule has 1 aliphatic rings. The van der Waals surface area contributed by atoms with Crippen LogP contribution in [0.3, 0.4) is 0 Å². The van der Waals surface area contributed by atoms with E-state index in [1.165, 1.54) is 5.56 Å². The Labute approximate surface area is 131 Å². The van der Waals surface area contributed by atoms with Crippen LogP contribution in [0.2, 0.25) is 0 Å². The number of likely N-dealkylation sites (tertiary alicyclic amines) is 1. The summed E-state index contributed by atoms with van der Waals surface area (Å²) in [7, 11) is 0. The fraction of sp³-hybridized carbons (Fsp3) is 0.688. The highest BCUT2D eigenvalue weighted by atomic mass is 16.2. The molecule has 1 aromatic rings. The summed E-state index contributed by atoms with van der Waals surface area (Å²) in [5.74, 6) is 0.220. The zero-order chi connectivity index (χ0) is 16.3. The summed E-state index contributed by atoms with van der Waals surface area (Å²) in [5.41, 5.74) is 3.41. The number of rotatable bonds is 4. The molecule has 1 aromatic heterocycles. The first-order chi connectivity index (χ1) is 10.4. The second-order valence-corrected chi connectivity index (χ2v) is 6.09. The van der Waals surface area contributed by atoms with Gasteiger partial charge in [-0.2, -0.15) is 5.10 Å². The zero-order valence-corrected chi connectivity index (χ0v) is 14.0. The van der Waals surface area contributed by atoms with Crippen LogP contribution in [-0.4, -0.2) is 46.1 Å². The summed E-state index contributed by atoms with van der Waals surface area (Å²) in [6, 6.07) is 0. The number of nitrogens with zero attached hydrogens (tertiary/aromatic N) is 3. The van der Waals surface area contributed by atoms with E-state index in [-0.39, 0.29) is 17.7 Å². The largest absolute Gasteiger partial charge is 0.354 e. The third-order valence-corrected chi connectivity index (χ3v) is 4.68. The predicted octanol–water partition coefficient (Wildman–Crippen LogP) is 1.18. The number of hydrogen-bond donors (Lipinski definition) is 1. The van der Waals surface area contributed by atoms with Crippen LogP contribution in [0.5, 0.6) is 0 Å². The highest BCUT2D eigenvalue weighted by Crippen LogP contribution is 2.17. The van der Waals surface area contributed by atoms with Crippen LogP contribution < -0.4 is 5.32 Å². The minimum atomic E-state index is 0.0257. The average molecular weight is 306 g/mol. The van der Waals surface area contributed by atoms with E-state index in [0.29, 0.717) is 26.2 Å². The van der Waals surface area contributed by atoms with Gasteiger partial charge in [0.25, 0.3) is 0 Å². The van der Waals surface area contributed by atoms with Gasteiger partial charge >= 0.3 is 0 Å². The Morgan fingerprint density at radius 2 is 1.86 bits per heavy atom. The molecule has 6 heteroatoms. The van der Waals surface area contributed by atoms with E-state index in [0.717, 1.165) is 24.2 Å². The minimum absolute atomic E-state index is 0.0257. The van der Waals surface area contributed by atoms with Crippen LogP contribution in [0.25, 0.3) is 0 Å². The van der Waals surface area contributed by atoms with Gasteiger partial charge in [-0.15, -0.1) is 0 Å². The molecule has 0 atom stereocenters. The molecule has 0 aromatic carbocycles. The quantitative estimate of drug-likeness (QED) is 0.908. The first-order valence-corrected chi connectivity index (χ1v) is 7.94. The second kappa shape index (κ2) is 6.94. The Balaban J connectivity index is 1.76. The molecule has 0 radical (unpaired) electrons. The van der Waals surface area contributed by atoms with Crippen LogP contribution in [0.4, 0.5) is 0 Å². The van der Waals surface area contributed by atoms with Crippen molar-refractivity contribution >= 4 is 11.8 Å². The van der Waals surface area contributed by atoms with Crippen LogP contribution in [0, 0.1) is 26.7 Å². The number of carbonyl (C=O) groups is 2. The Kier molecular flexibility index (Phi) is 5.21. The Bertz CT molecular complexity index is 557. The van der Waals surface area contributed by atoms with E-state index in [1.807, 2.05) is 16.5 Å². The van der Waals surface area contributed by atoms with Crippen molar-refractivity contribution in [1.82, 2.24) is 20.0 Å². The summed E-state index contributed by atoms with van der Waals surface area (Å²) in [5, 5.41) is 7.47. The van der Waals surface area contributed by atoms with Crippen LogP contribution in [0.15, 0.2) is 0 Å². The lowest BCUT2D eigenvalue weighted by Gasteiger charge is -2.30. The Morgan fingerprint density at radius 1 is 1.23 bits per heavy atom. The van der Waals surface area contributed by atoms with Gasteiger partial charge in [0, 0.05) is 38.2 Å². The smallest absolute Gasteiger partial charge is 0.223 e. The number of piperidine rings is 1. The van der Waals surface area contributed by atoms with Gasteiger partial charge in [-0.3, -0.25) is 14.3 Å². The van der Waals surface area contributed by atoms with Crippen molar-refractivity contribution in [2.75, 3.05) is 19.6 Å². The van der Waals surface area contributed by atoms with Gasteiger partial charge in [0.05, 0.1) is 12.2 Å². The molecule has 2 amide bonds. The van der Waals surface area contributed by atoms with Gasteiger partial charge in [-0.05, 0) is 39.2 Å². The van der Waals surface area contributed by atoms with Gasteiger partial charge in [0.15, 0.2) is 0 Å². The molecule has 22 heavy (non-hydrogen) atoms. The molecule has 1 saturated heterocycles. The molecule has 0 unspecified atom stereocenters. The molecule has 0 bridgehead atoms. The lowest BCUT2D eigenvalue weighted by molar-refractivity contribution is -0.133. The molecular formula is C16H26N4O2. The zero-order valence-electron chi connectivity index (χ0n) is 14.0. The average Bonchev–Trinajstić information content (AvgIpc) is 2.74. The lowest BCUT2D eigenvalue weighted by Crippen LogP contribution is -2.42. The van der Waals surface area contributed by atoms with Crippen LogP contribution in [-0.2, 0) is 16.1 Å². The molecular weight excluding hydrogens is 280 g/mol. The highest BCUT2D eigenvalue weighted by Gasteiger charge is 2.25. The third-order valence-electron chi connectivity index (χ3n) is 4.68. The molecule has 1 fully saturated rings. The van der Waals surface area contributed by atoms with Gasteiger partial charge in [-0.1, -0.05) is 0 Å². The summed E-state index contributed by atoms with van der Waals surface area (Å²) in [6.07, 6.45) is 1.51. The fourth-order valence-electron chi connectivity index (χ4n) is 2.89. The van der Waals surface area contributed by atoms with Crippen molar-refractivity contribution in [1.29, 1.82) is 0 Å². The number of carbonyl (C=O) groups excluding carboxylic acids is 2. The number of aromatic nitrogens is 2. The third kappa shape index (κ3) is 3.67. The van der Waals surface area contributed by atoms with E-state index >= 15 is 0 Å². The summed E-state index contributed by atoms with van der Waals surface area (Å²) >= 11 is 0.